The molecule has 1 heterocycles. The Morgan fingerprint density at radius 2 is 1.71 bits per heavy atom. The maximum absolute atomic E-state index is 3.52. The summed E-state index contributed by atoms with van der Waals surface area (Å²) in [6, 6.07) is 7.43. The van der Waals surface area contributed by atoms with Crippen molar-refractivity contribution in [1.82, 2.24) is 10.2 Å². The third-order valence-corrected chi connectivity index (χ3v) is 5.53. The van der Waals surface area contributed by atoms with Crippen molar-refractivity contribution in [2.75, 3.05) is 26.7 Å². The molecule has 21 heavy (non-hydrogen) atoms. The molecule has 3 rings (SSSR count). The summed E-state index contributed by atoms with van der Waals surface area (Å²) in [6.07, 6.45) is 5.66. The van der Waals surface area contributed by atoms with Gasteiger partial charge in [0.15, 0.2) is 0 Å². The van der Waals surface area contributed by atoms with Crippen molar-refractivity contribution in [3.8, 4) is 0 Å². The Kier molecular flexibility index (Phi) is 4.66. The topological polar surface area (TPSA) is 15.3 Å². The van der Waals surface area contributed by atoms with Gasteiger partial charge in [-0.05, 0) is 64.1 Å². The quantitative estimate of drug-likeness (QED) is 0.888. The smallest absolute Gasteiger partial charge is 0.0329 e. The minimum atomic E-state index is 0.490. The first-order chi connectivity index (χ1) is 10.2. The second-order valence-electron chi connectivity index (χ2n) is 7.26. The highest BCUT2D eigenvalue weighted by Crippen LogP contribution is 2.37. The average Bonchev–Trinajstić information content (AvgIpc) is 2.99. The van der Waals surface area contributed by atoms with E-state index in [1.807, 2.05) is 0 Å². The monoisotopic (exact) mass is 286 g/mol. The van der Waals surface area contributed by atoms with E-state index < -0.39 is 0 Å². The number of hydrogen-bond acceptors (Lipinski definition) is 2. The lowest BCUT2D eigenvalue weighted by Crippen LogP contribution is -2.27. The molecule has 1 aromatic carbocycles. The lowest BCUT2D eigenvalue weighted by Gasteiger charge is -2.22. The zero-order valence-corrected chi connectivity index (χ0v) is 13.9. The summed E-state index contributed by atoms with van der Waals surface area (Å²) in [7, 11) is 2.10. The van der Waals surface area contributed by atoms with Gasteiger partial charge in [-0.15, -0.1) is 0 Å². The van der Waals surface area contributed by atoms with Gasteiger partial charge in [-0.1, -0.05) is 35.7 Å². The van der Waals surface area contributed by atoms with E-state index in [4.69, 9.17) is 0 Å². The number of likely N-dealkylation sites (tertiary alicyclic amines) is 1. The Bertz CT molecular complexity index is 450. The fourth-order valence-corrected chi connectivity index (χ4v) is 4.52. The van der Waals surface area contributed by atoms with Crippen LogP contribution >= 0.6 is 0 Å². The lowest BCUT2D eigenvalue weighted by atomic mass is 9.99. The van der Waals surface area contributed by atoms with Crippen LogP contribution in [0.25, 0.3) is 0 Å². The molecule has 1 saturated heterocycles. The van der Waals surface area contributed by atoms with Gasteiger partial charge >= 0.3 is 0 Å². The lowest BCUT2D eigenvalue weighted by molar-refractivity contribution is 0.291. The number of fused-ring (bicyclic) bond motifs is 1. The molecule has 2 aliphatic rings. The summed E-state index contributed by atoms with van der Waals surface area (Å²) in [5.41, 5.74) is 4.20. The molecule has 1 aliphatic carbocycles. The van der Waals surface area contributed by atoms with Crippen LogP contribution in [-0.2, 0) is 0 Å². The standard InChI is InChI=1S/C19H30N2/c1-14-9-15(2)11-18(10-14)19(20-3)7-8-21-12-16-5-4-6-17(16)13-21/h9-11,16-17,19-20H,4-8,12-13H2,1-3H3. The first-order valence-corrected chi connectivity index (χ1v) is 8.63. The first kappa shape index (κ1) is 15.1. The van der Waals surface area contributed by atoms with Crippen molar-refractivity contribution < 1.29 is 0 Å². The molecular formula is C19H30N2. The molecule has 3 unspecified atom stereocenters. The predicted molar refractivity (Wildman–Crippen MR) is 89.6 cm³/mol. The zero-order valence-electron chi connectivity index (χ0n) is 13.9. The van der Waals surface area contributed by atoms with E-state index in [0.717, 1.165) is 11.8 Å². The van der Waals surface area contributed by atoms with Gasteiger partial charge in [0.2, 0.25) is 0 Å². The third-order valence-electron chi connectivity index (χ3n) is 5.53. The van der Waals surface area contributed by atoms with Crippen molar-refractivity contribution >= 4 is 0 Å². The summed E-state index contributed by atoms with van der Waals surface area (Å²) in [5, 5.41) is 3.52. The Morgan fingerprint density at radius 1 is 1.10 bits per heavy atom. The van der Waals surface area contributed by atoms with Crippen LogP contribution in [-0.4, -0.2) is 31.6 Å². The van der Waals surface area contributed by atoms with Crippen molar-refractivity contribution in [2.45, 2.75) is 45.6 Å². The van der Waals surface area contributed by atoms with E-state index in [0.29, 0.717) is 6.04 Å². The van der Waals surface area contributed by atoms with Crippen molar-refractivity contribution in [3.05, 3.63) is 34.9 Å². The second-order valence-corrected chi connectivity index (χ2v) is 7.26. The third kappa shape index (κ3) is 3.49. The van der Waals surface area contributed by atoms with E-state index in [-0.39, 0.29) is 0 Å². The molecule has 0 spiro atoms. The Hall–Kier alpha value is -0.860. The summed E-state index contributed by atoms with van der Waals surface area (Å²) >= 11 is 0. The molecule has 0 aromatic heterocycles. The Balaban J connectivity index is 1.57. The Morgan fingerprint density at radius 3 is 2.29 bits per heavy atom. The fraction of sp³-hybridized carbons (Fsp3) is 0.684. The molecule has 2 heteroatoms. The van der Waals surface area contributed by atoms with E-state index in [9.17, 15) is 0 Å². The van der Waals surface area contributed by atoms with E-state index in [1.165, 1.54) is 62.0 Å². The van der Waals surface area contributed by atoms with Gasteiger partial charge in [-0.2, -0.15) is 0 Å². The van der Waals surface area contributed by atoms with Gasteiger partial charge in [0.1, 0.15) is 0 Å². The Labute approximate surface area is 129 Å². The van der Waals surface area contributed by atoms with Crippen LogP contribution in [0.3, 0.4) is 0 Å². The van der Waals surface area contributed by atoms with Crippen LogP contribution in [0, 0.1) is 25.7 Å². The van der Waals surface area contributed by atoms with Crippen molar-refractivity contribution in [1.29, 1.82) is 0 Å². The number of nitrogens with one attached hydrogen (secondary N) is 1. The van der Waals surface area contributed by atoms with E-state index in [2.05, 4.69) is 49.3 Å². The maximum Gasteiger partial charge on any atom is 0.0329 e. The highest BCUT2D eigenvalue weighted by Gasteiger charge is 2.35. The second kappa shape index (κ2) is 6.50. The number of nitrogens with zero attached hydrogens (tertiary/aromatic N) is 1. The van der Waals surface area contributed by atoms with Gasteiger partial charge in [-0.25, -0.2) is 0 Å². The van der Waals surface area contributed by atoms with Crippen LogP contribution in [0.5, 0.6) is 0 Å². The molecule has 1 saturated carbocycles. The number of aryl methyl sites for hydroxylation is 2. The molecule has 0 radical (unpaired) electrons. The van der Waals surface area contributed by atoms with Crippen LogP contribution in [0.1, 0.15) is 48.4 Å². The average molecular weight is 286 g/mol. The summed E-state index contributed by atoms with van der Waals surface area (Å²) < 4.78 is 0. The normalized spacial score (nSPS) is 27.0. The zero-order chi connectivity index (χ0) is 14.8. The SMILES string of the molecule is CNC(CCN1CC2CCCC2C1)c1cc(C)cc(C)c1. The van der Waals surface area contributed by atoms with Crippen molar-refractivity contribution in [2.24, 2.45) is 11.8 Å². The molecule has 1 aromatic rings. The number of benzene rings is 1. The first-order valence-electron chi connectivity index (χ1n) is 8.63. The largest absolute Gasteiger partial charge is 0.313 e. The fourth-order valence-electron chi connectivity index (χ4n) is 4.52. The predicted octanol–water partition coefficient (Wildman–Crippen LogP) is 3.69. The molecule has 2 nitrogen and oxygen atoms in total. The molecule has 1 N–H and O–H groups in total. The van der Waals surface area contributed by atoms with Gasteiger partial charge in [-0.3, -0.25) is 0 Å². The van der Waals surface area contributed by atoms with Crippen LogP contribution in [0.4, 0.5) is 0 Å². The highest BCUT2D eigenvalue weighted by molar-refractivity contribution is 5.30. The molecule has 2 fully saturated rings. The molecular weight excluding hydrogens is 256 g/mol. The summed E-state index contributed by atoms with van der Waals surface area (Å²) in [6.45, 7) is 8.35. The van der Waals surface area contributed by atoms with Crippen LogP contribution in [0.15, 0.2) is 18.2 Å². The molecule has 0 bridgehead atoms. The highest BCUT2D eigenvalue weighted by atomic mass is 15.2. The van der Waals surface area contributed by atoms with Gasteiger partial charge in [0.25, 0.3) is 0 Å². The van der Waals surface area contributed by atoms with E-state index in [1.54, 1.807) is 0 Å². The van der Waals surface area contributed by atoms with Gasteiger partial charge in [0.05, 0.1) is 0 Å². The molecule has 1 aliphatic heterocycles. The van der Waals surface area contributed by atoms with E-state index >= 15 is 0 Å². The molecule has 0 amide bonds. The summed E-state index contributed by atoms with van der Waals surface area (Å²) in [4.78, 5) is 2.71. The number of hydrogen-bond donors (Lipinski definition) is 1. The van der Waals surface area contributed by atoms with Gasteiger partial charge in [0, 0.05) is 19.1 Å². The van der Waals surface area contributed by atoms with Gasteiger partial charge < -0.3 is 10.2 Å². The number of rotatable bonds is 5. The molecule has 3 atom stereocenters. The molecule has 116 valence electrons. The van der Waals surface area contributed by atoms with Crippen LogP contribution < -0.4 is 5.32 Å². The minimum Gasteiger partial charge on any atom is -0.313 e. The summed E-state index contributed by atoms with van der Waals surface area (Å²) in [5.74, 6) is 2.03. The van der Waals surface area contributed by atoms with Crippen molar-refractivity contribution in [3.63, 3.8) is 0 Å². The minimum absolute atomic E-state index is 0.490. The van der Waals surface area contributed by atoms with Crippen LogP contribution in [0.2, 0.25) is 0 Å². The maximum atomic E-state index is 3.52.